The first-order valence-electron chi connectivity index (χ1n) is 5.57. The monoisotopic (exact) mass is 276 g/mol. The van der Waals surface area contributed by atoms with Crippen LogP contribution in [0, 0.1) is 0 Å². The van der Waals surface area contributed by atoms with E-state index >= 15 is 0 Å². The molecule has 1 rings (SSSR count). The quantitative estimate of drug-likeness (QED) is 0.725. The Morgan fingerprint density at radius 2 is 2.11 bits per heavy atom. The SMILES string of the molecule is CCOC(=O)c1c[nH]n(CCS(=O)(=O)CC)c1=O. The van der Waals surface area contributed by atoms with E-state index in [2.05, 4.69) is 5.10 Å². The second-order valence-electron chi connectivity index (χ2n) is 3.60. The van der Waals surface area contributed by atoms with Crippen LogP contribution in [0.15, 0.2) is 11.0 Å². The van der Waals surface area contributed by atoms with Crippen molar-refractivity contribution < 1.29 is 17.9 Å². The van der Waals surface area contributed by atoms with Gasteiger partial charge in [-0.05, 0) is 6.92 Å². The molecule has 0 atom stereocenters. The van der Waals surface area contributed by atoms with E-state index < -0.39 is 21.4 Å². The Kier molecular flexibility index (Phi) is 4.71. The van der Waals surface area contributed by atoms with Crippen molar-refractivity contribution in [3.63, 3.8) is 0 Å². The molecule has 0 radical (unpaired) electrons. The normalized spacial score (nSPS) is 11.4. The van der Waals surface area contributed by atoms with Crippen LogP contribution in [-0.4, -0.2) is 42.3 Å². The molecule has 0 aliphatic carbocycles. The van der Waals surface area contributed by atoms with E-state index in [1.165, 1.54) is 13.1 Å². The third kappa shape index (κ3) is 3.46. The zero-order chi connectivity index (χ0) is 13.8. The summed E-state index contributed by atoms with van der Waals surface area (Å²) in [5.41, 5.74) is -0.689. The number of carbonyl (C=O) groups excluding carboxylic acids is 1. The molecule has 0 bridgehead atoms. The second-order valence-corrected chi connectivity index (χ2v) is 6.07. The van der Waals surface area contributed by atoms with Gasteiger partial charge in [0.1, 0.15) is 5.56 Å². The van der Waals surface area contributed by atoms with Crippen molar-refractivity contribution in [2.75, 3.05) is 18.1 Å². The van der Waals surface area contributed by atoms with Crippen molar-refractivity contribution in [2.45, 2.75) is 20.4 Å². The highest BCUT2D eigenvalue weighted by Gasteiger charge is 2.16. The number of aromatic amines is 1. The molecule has 0 aliphatic heterocycles. The fourth-order valence-electron chi connectivity index (χ4n) is 1.30. The molecular weight excluding hydrogens is 260 g/mol. The Balaban J connectivity index is 2.82. The first-order valence-corrected chi connectivity index (χ1v) is 7.39. The van der Waals surface area contributed by atoms with Crippen LogP contribution in [0.5, 0.6) is 0 Å². The van der Waals surface area contributed by atoms with Gasteiger partial charge in [-0.2, -0.15) is 0 Å². The Bertz CT molecular complexity index is 569. The molecule has 102 valence electrons. The van der Waals surface area contributed by atoms with Gasteiger partial charge >= 0.3 is 5.97 Å². The van der Waals surface area contributed by atoms with E-state index in [9.17, 15) is 18.0 Å². The molecule has 1 aromatic rings. The van der Waals surface area contributed by atoms with Crippen LogP contribution in [0.2, 0.25) is 0 Å². The van der Waals surface area contributed by atoms with Gasteiger partial charge < -0.3 is 9.84 Å². The summed E-state index contributed by atoms with van der Waals surface area (Å²) >= 11 is 0. The molecule has 1 aromatic heterocycles. The lowest BCUT2D eigenvalue weighted by atomic mass is 10.4. The lowest BCUT2D eigenvalue weighted by Crippen LogP contribution is -2.26. The number of esters is 1. The summed E-state index contributed by atoms with van der Waals surface area (Å²) in [5, 5.41) is 2.55. The largest absolute Gasteiger partial charge is 0.462 e. The van der Waals surface area contributed by atoms with Crippen LogP contribution in [0.4, 0.5) is 0 Å². The molecule has 7 nitrogen and oxygen atoms in total. The third-order valence-electron chi connectivity index (χ3n) is 2.40. The fraction of sp³-hybridized carbons (Fsp3) is 0.600. The number of ether oxygens (including phenoxy) is 1. The minimum Gasteiger partial charge on any atom is -0.462 e. The smallest absolute Gasteiger partial charge is 0.345 e. The van der Waals surface area contributed by atoms with E-state index in [0.717, 1.165) is 4.68 Å². The van der Waals surface area contributed by atoms with Gasteiger partial charge in [-0.3, -0.25) is 9.48 Å². The number of sulfone groups is 1. The fourth-order valence-corrected chi connectivity index (χ4v) is 2.05. The van der Waals surface area contributed by atoms with Crippen molar-refractivity contribution in [3.05, 3.63) is 22.1 Å². The summed E-state index contributed by atoms with van der Waals surface area (Å²) in [5.74, 6) is -0.838. The topological polar surface area (TPSA) is 98.2 Å². The average Bonchev–Trinajstić information content (AvgIpc) is 2.69. The maximum Gasteiger partial charge on any atom is 0.345 e. The van der Waals surface area contributed by atoms with Crippen LogP contribution in [0.25, 0.3) is 0 Å². The number of hydrogen-bond acceptors (Lipinski definition) is 5. The lowest BCUT2D eigenvalue weighted by Gasteiger charge is -2.01. The van der Waals surface area contributed by atoms with Crippen LogP contribution < -0.4 is 5.56 Å². The van der Waals surface area contributed by atoms with Crippen molar-refractivity contribution in [3.8, 4) is 0 Å². The Morgan fingerprint density at radius 3 is 2.67 bits per heavy atom. The number of rotatable bonds is 6. The van der Waals surface area contributed by atoms with E-state index in [1.54, 1.807) is 6.92 Å². The van der Waals surface area contributed by atoms with E-state index in [4.69, 9.17) is 4.74 Å². The third-order valence-corrected chi connectivity index (χ3v) is 4.09. The number of carbonyl (C=O) groups is 1. The standard InChI is InChI=1S/C10H16N2O5S/c1-3-17-10(14)8-7-11-12(9(8)13)5-6-18(15,16)4-2/h7,11H,3-6H2,1-2H3. The molecule has 18 heavy (non-hydrogen) atoms. The Hall–Kier alpha value is -1.57. The zero-order valence-electron chi connectivity index (χ0n) is 10.3. The number of H-pyrrole nitrogens is 1. The zero-order valence-corrected chi connectivity index (χ0v) is 11.1. The highest BCUT2D eigenvalue weighted by molar-refractivity contribution is 7.91. The average molecular weight is 276 g/mol. The number of nitrogens with one attached hydrogen (secondary N) is 1. The minimum absolute atomic E-state index is 0.00554. The first kappa shape index (κ1) is 14.5. The minimum atomic E-state index is -3.15. The number of nitrogens with zero attached hydrogens (tertiary/aromatic N) is 1. The van der Waals surface area contributed by atoms with E-state index in [1.807, 2.05) is 0 Å². The predicted molar refractivity (Wildman–Crippen MR) is 65.3 cm³/mol. The number of aromatic nitrogens is 2. The van der Waals surface area contributed by atoms with Gasteiger partial charge in [0, 0.05) is 11.9 Å². The van der Waals surface area contributed by atoms with Gasteiger partial charge in [0.05, 0.1) is 18.9 Å². The highest BCUT2D eigenvalue weighted by atomic mass is 32.2. The first-order chi connectivity index (χ1) is 8.41. The maximum absolute atomic E-state index is 11.7. The van der Waals surface area contributed by atoms with Crippen molar-refractivity contribution >= 4 is 15.8 Å². The Morgan fingerprint density at radius 1 is 1.44 bits per heavy atom. The van der Waals surface area contributed by atoms with Gasteiger partial charge in [-0.15, -0.1) is 0 Å². The molecule has 0 unspecified atom stereocenters. The van der Waals surface area contributed by atoms with E-state index in [0.29, 0.717) is 0 Å². The van der Waals surface area contributed by atoms with E-state index in [-0.39, 0.29) is 30.2 Å². The number of hydrogen-bond donors (Lipinski definition) is 1. The summed E-state index contributed by atoms with van der Waals surface area (Å²) in [6.07, 6.45) is 1.22. The molecule has 0 aromatic carbocycles. The molecule has 0 aliphatic rings. The molecule has 8 heteroatoms. The van der Waals surface area contributed by atoms with Crippen LogP contribution in [0.3, 0.4) is 0 Å². The number of aryl methyl sites for hydroxylation is 1. The lowest BCUT2D eigenvalue weighted by molar-refractivity contribution is 0.0524. The molecule has 0 fully saturated rings. The maximum atomic E-state index is 11.7. The van der Waals surface area contributed by atoms with Crippen LogP contribution in [-0.2, 0) is 21.1 Å². The summed E-state index contributed by atoms with van der Waals surface area (Å²) in [6.45, 7) is 3.34. The molecule has 0 saturated heterocycles. The van der Waals surface area contributed by atoms with Crippen molar-refractivity contribution in [2.24, 2.45) is 0 Å². The van der Waals surface area contributed by atoms with Crippen LogP contribution in [0.1, 0.15) is 24.2 Å². The van der Waals surface area contributed by atoms with Crippen molar-refractivity contribution in [1.82, 2.24) is 9.78 Å². The summed E-state index contributed by atoms with van der Waals surface area (Å²) in [4.78, 5) is 23.1. The predicted octanol–water partition coefficient (Wildman–Crippen LogP) is -0.212. The van der Waals surface area contributed by atoms with Gasteiger partial charge in [0.15, 0.2) is 9.84 Å². The summed E-state index contributed by atoms with van der Waals surface area (Å²) in [6, 6.07) is 0. The van der Waals surface area contributed by atoms with Crippen LogP contribution >= 0.6 is 0 Å². The molecule has 0 amide bonds. The molecule has 1 heterocycles. The molecule has 0 spiro atoms. The van der Waals surface area contributed by atoms with Gasteiger partial charge in [0.25, 0.3) is 5.56 Å². The Labute approximate surface area is 105 Å². The van der Waals surface area contributed by atoms with Crippen molar-refractivity contribution in [1.29, 1.82) is 0 Å². The molecule has 1 N–H and O–H groups in total. The molecule has 0 saturated carbocycles. The van der Waals surface area contributed by atoms with Gasteiger partial charge in [-0.25, -0.2) is 13.2 Å². The van der Waals surface area contributed by atoms with Gasteiger partial charge in [0.2, 0.25) is 0 Å². The second kappa shape index (κ2) is 5.85. The molecular formula is C10H16N2O5S. The summed E-state index contributed by atoms with van der Waals surface area (Å²) < 4.78 is 28.4. The summed E-state index contributed by atoms with van der Waals surface area (Å²) in [7, 11) is -3.15. The highest BCUT2D eigenvalue weighted by Crippen LogP contribution is 1.96. The van der Waals surface area contributed by atoms with Gasteiger partial charge in [-0.1, -0.05) is 6.92 Å².